The number of aliphatic hydroxyl groups excluding tert-OH is 1. The minimum Gasteiger partial charge on any atom is -0.387 e. The number of fused-ring (bicyclic) bond motifs is 3. The van der Waals surface area contributed by atoms with Crippen molar-refractivity contribution in [2.24, 2.45) is 0 Å². The molecule has 0 aliphatic carbocycles. The molecule has 0 unspecified atom stereocenters. The summed E-state index contributed by atoms with van der Waals surface area (Å²) in [5.74, 6) is -0.279. The van der Waals surface area contributed by atoms with Gasteiger partial charge in [-0.3, -0.25) is 9.48 Å². The first-order valence-electron chi connectivity index (χ1n) is 6.29. The molecule has 2 aromatic rings. The number of carbonyl (C=O) groups excluding carboxylic acids is 1. The van der Waals surface area contributed by atoms with Gasteiger partial charge in [0, 0.05) is 11.9 Å². The number of hydrogen-bond donors (Lipinski definition) is 1. The number of rotatable bonds is 1. The predicted octanol–water partition coefficient (Wildman–Crippen LogP) is 2.24. The molecule has 0 saturated carbocycles. The van der Waals surface area contributed by atoms with E-state index in [1.165, 1.54) is 0 Å². The van der Waals surface area contributed by atoms with Crippen LogP contribution >= 0.6 is 23.2 Å². The van der Waals surface area contributed by atoms with Crippen LogP contribution < -0.4 is 0 Å². The topological polar surface area (TPSA) is 58.4 Å². The van der Waals surface area contributed by atoms with Crippen molar-refractivity contribution in [1.29, 1.82) is 0 Å². The molecule has 3 rings (SSSR count). The maximum atomic E-state index is 11.8. The largest absolute Gasteiger partial charge is 0.387 e. The summed E-state index contributed by atoms with van der Waals surface area (Å²) in [6.07, 6.45) is 0. The van der Waals surface area contributed by atoms with Crippen molar-refractivity contribution in [1.82, 2.24) is 14.7 Å². The number of hydrogen-bond acceptors (Lipinski definition) is 3. The van der Waals surface area contributed by atoms with Gasteiger partial charge in [0.25, 0.3) is 0 Å². The molecule has 1 aliphatic rings. The molecule has 0 saturated heterocycles. The van der Waals surface area contributed by atoms with Crippen LogP contribution in [0, 0.1) is 0 Å². The molecule has 20 heavy (non-hydrogen) atoms. The zero-order valence-electron chi connectivity index (χ0n) is 10.8. The maximum Gasteiger partial charge on any atom is 0.248 e. The summed E-state index contributed by atoms with van der Waals surface area (Å²) in [6.45, 7) is 2.53. The van der Waals surface area contributed by atoms with Crippen molar-refractivity contribution < 1.29 is 9.90 Å². The molecule has 7 heteroatoms. The Morgan fingerprint density at radius 2 is 2.20 bits per heavy atom. The van der Waals surface area contributed by atoms with Crippen molar-refractivity contribution >= 4 is 40.0 Å². The Labute approximate surface area is 125 Å². The fourth-order valence-electron chi connectivity index (χ4n) is 2.74. The first kappa shape index (κ1) is 13.7. The van der Waals surface area contributed by atoms with Crippen LogP contribution in [0.15, 0.2) is 12.1 Å². The number of halogens is 2. The van der Waals surface area contributed by atoms with Crippen LogP contribution in [0.25, 0.3) is 10.9 Å². The van der Waals surface area contributed by atoms with Crippen LogP contribution in [0.4, 0.5) is 0 Å². The Hall–Kier alpha value is -1.30. The summed E-state index contributed by atoms with van der Waals surface area (Å²) in [5, 5.41) is 15.3. The van der Waals surface area contributed by atoms with Crippen molar-refractivity contribution in [3.05, 3.63) is 27.9 Å². The van der Waals surface area contributed by atoms with Crippen molar-refractivity contribution in [3.8, 4) is 0 Å². The Morgan fingerprint density at radius 1 is 1.45 bits per heavy atom. The van der Waals surface area contributed by atoms with Crippen LogP contribution in [0.3, 0.4) is 0 Å². The Morgan fingerprint density at radius 3 is 2.90 bits per heavy atom. The highest BCUT2D eigenvalue weighted by Crippen LogP contribution is 2.36. The van der Waals surface area contributed by atoms with Crippen LogP contribution in [0.1, 0.15) is 18.7 Å². The van der Waals surface area contributed by atoms with Gasteiger partial charge in [-0.1, -0.05) is 23.2 Å². The lowest BCUT2D eigenvalue weighted by atomic mass is 10.1. The van der Waals surface area contributed by atoms with Crippen molar-refractivity contribution in [2.75, 3.05) is 13.2 Å². The fraction of sp³-hybridized carbons (Fsp3) is 0.385. The second-order valence-electron chi connectivity index (χ2n) is 4.79. The van der Waals surface area contributed by atoms with Crippen molar-refractivity contribution in [3.63, 3.8) is 0 Å². The first-order valence-corrected chi connectivity index (χ1v) is 7.05. The number of carbonyl (C=O) groups is 1. The van der Waals surface area contributed by atoms with E-state index in [0.717, 1.165) is 11.1 Å². The maximum absolute atomic E-state index is 11.8. The van der Waals surface area contributed by atoms with Crippen molar-refractivity contribution in [2.45, 2.75) is 19.5 Å². The lowest BCUT2D eigenvalue weighted by Crippen LogP contribution is -2.42. The van der Waals surface area contributed by atoms with Crippen LogP contribution in [-0.4, -0.2) is 38.8 Å². The molecule has 0 spiro atoms. The molecule has 5 nitrogen and oxygen atoms in total. The summed E-state index contributed by atoms with van der Waals surface area (Å²) in [5.41, 5.74) is 1.57. The van der Waals surface area contributed by atoms with Crippen LogP contribution in [-0.2, 0) is 11.3 Å². The molecule has 0 radical (unpaired) electrons. The second kappa shape index (κ2) is 4.91. The molecule has 1 N–H and O–H groups in total. The molecule has 1 aromatic heterocycles. The summed E-state index contributed by atoms with van der Waals surface area (Å²) in [6, 6.07) is 3.44. The van der Waals surface area contributed by atoms with Gasteiger partial charge in [0.05, 0.1) is 28.3 Å². The number of benzene rings is 1. The van der Waals surface area contributed by atoms with E-state index in [4.69, 9.17) is 28.3 Å². The highest BCUT2D eigenvalue weighted by atomic mass is 35.5. The van der Waals surface area contributed by atoms with Gasteiger partial charge in [0.15, 0.2) is 0 Å². The Bertz CT molecular complexity index is 698. The smallest absolute Gasteiger partial charge is 0.248 e. The molecular formula is C13H13Cl2N3O2. The molecule has 1 atom stereocenters. The van der Waals surface area contributed by atoms with Gasteiger partial charge in [-0.2, -0.15) is 5.10 Å². The third-order valence-corrected chi connectivity index (χ3v) is 4.51. The van der Waals surface area contributed by atoms with Gasteiger partial charge in [0.1, 0.15) is 12.1 Å². The third-order valence-electron chi connectivity index (χ3n) is 3.72. The molecule has 1 aromatic carbocycles. The minimum atomic E-state index is -0.483. The average molecular weight is 314 g/mol. The first-order chi connectivity index (χ1) is 9.54. The number of aliphatic hydroxyl groups is 1. The highest BCUT2D eigenvalue weighted by Gasteiger charge is 2.30. The Kier molecular flexibility index (Phi) is 3.36. The normalized spacial score (nSPS) is 18.4. The van der Waals surface area contributed by atoms with E-state index in [9.17, 15) is 4.79 Å². The summed E-state index contributed by atoms with van der Waals surface area (Å²) in [7, 11) is 0. The van der Waals surface area contributed by atoms with Gasteiger partial charge in [-0.25, -0.2) is 0 Å². The van der Waals surface area contributed by atoms with E-state index in [0.29, 0.717) is 28.7 Å². The van der Waals surface area contributed by atoms with Gasteiger partial charge >= 0.3 is 0 Å². The minimum absolute atomic E-state index is 0.161. The summed E-state index contributed by atoms with van der Waals surface area (Å²) >= 11 is 12.2. The molecule has 106 valence electrons. The number of nitrogens with zero attached hydrogens (tertiary/aromatic N) is 3. The van der Waals surface area contributed by atoms with E-state index in [2.05, 4.69) is 5.10 Å². The Balaban J connectivity index is 2.17. The number of amides is 1. The van der Waals surface area contributed by atoms with E-state index < -0.39 is 6.61 Å². The lowest BCUT2D eigenvalue weighted by molar-refractivity contribution is -0.137. The summed E-state index contributed by atoms with van der Waals surface area (Å²) < 4.78 is 1.86. The predicted molar refractivity (Wildman–Crippen MR) is 77.0 cm³/mol. The van der Waals surface area contributed by atoms with E-state index in [1.807, 2.05) is 17.7 Å². The third kappa shape index (κ3) is 1.89. The van der Waals surface area contributed by atoms with E-state index in [1.54, 1.807) is 11.0 Å². The SMILES string of the molecule is C[C@H]1c2c3ccc(Cl)c(Cl)c3nn2CCN1C(=O)CO. The molecule has 1 amide bonds. The zero-order chi connectivity index (χ0) is 14.4. The van der Waals surface area contributed by atoms with E-state index in [-0.39, 0.29) is 11.9 Å². The van der Waals surface area contributed by atoms with Gasteiger partial charge < -0.3 is 10.0 Å². The van der Waals surface area contributed by atoms with Crippen LogP contribution in [0.5, 0.6) is 0 Å². The van der Waals surface area contributed by atoms with Gasteiger partial charge in [0.2, 0.25) is 5.91 Å². The number of aromatic nitrogens is 2. The van der Waals surface area contributed by atoms with E-state index >= 15 is 0 Å². The second-order valence-corrected chi connectivity index (χ2v) is 5.57. The lowest BCUT2D eigenvalue weighted by Gasteiger charge is -2.33. The molecule has 0 bridgehead atoms. The molecular weight excluding hydrogens is 301 g/mol. The van der Waals surface area contributed by atoms with Crippen LogP contribution in [0.2, 0.25) is 10.0 Å². The zero-order valence-corrected chi connectivity index (χ0v) is 12.3. The standard InChI is InChI=1S/C13H13Cl2N3O2/c1-7-13-8-2-3-9(14)11(15)12(8)16-18(13)5-4-17(7)10(20)6-19/h2-3,7,19H,4-6H2,1H3/t7-/m0/s1. The molecule has 1 aliphatic heterocycles. The molecule has 0 fully saturated rings. The summed E-state index contributed by atoms with van der Waals surface area (Å²) in [4.78, 5) is 13.4. The average Bonchev–Trinajstić information content (AvgIpc) is 2.83. The molecule has 2 heterocycles. The monoisotopic (exact) mass is 313 g/mol. The van der Waals surface area contributed by atoms with Gasteiger partial charge in [-0.15, -0.1) is 0 Å². The quantitative estimate of drug-likeness (QED) is 0.878. The highest BCUT2D eigenvalue weighted by molar-refractivity contribution is 6.45. The van der Waals surface area contributed by atoms with Gasteiger partial charge in [-0.05, 0) is 19.1 Å². The fourth-order valence-corrected chi connectivity index (χ4v) is 3.10.